The fourth-order valence-corrected chi connectivity index (χ4v) is 5.20. The van der Waals surface area contributed by atoms with Crippen LogP contribution in [-0.4, -0.2) is 67.7 Å². The summed E-state index contributed by atoms with van der Waals surface area (Å²) in [6.07, 6.45) is -3.81. The molecule has 11 nitrogen and oxygen atoms in total. The van der Waals surface area contributed by atoms with Crippen LogP contribution >= 0.6 is 23.1 Å². The lowest BCUT2D eigenvalue weighted by Gasteiger charge is -2.48. The smallest absolute Gasteiger partial charge is 0.471 e. The van der Waals surface area contributed by atoms with Gasteiger partial charge in [0, 0.05) is 11.1 Å². The lowest BCUT2D eigenvalue weighted by atomic mass is 10.0. The molecule has 200 valence electrons. The van der Waals surface area contributed by atoms with Crippen molar-refractivity contribution in [3.63, 3.8) is 0 Å². The summed E-state index contributed by atoms with van der Waals surface area (Å²) in [5.41, 5.74) is -0.542. The Morgan fingerprint density at radius 3 is 2.61 bits per heavy atom. The maximum atomic E-state index is 13.1. The fourth-order valence-electron chi connectivity index (χ4n) is 3.31. The molecule has 2 aliphatic heterocycles. The fraction of sp³-hybridized carbons (Fsp3) is 0.238. The Morgan fingerprint density at radius 1 is 1.24 bits per heavy atom. The number of alkyl halides is 3. The average Bonchev–Trinajstić information content (AvgIpc) is 3.32. The summed E-state index contributed by atoms with van der Waals surface area (Å²) >= 11 is 1.79. The van der Waals surface area contributed by atoms with Crippen molar-refractivity contribution in [1.29, 1.82) is 0 Å². The summed E-state index contributed by atoms with van der Waals surface area (Å²) in [5, 5.41) is 16.9. The number of halogens is 4. The van der Waals surface area contributed by atoms with Gasteiger partial charge < -0.3 is 15.3 Å². The molecular formula is C21H15F4N5O6S2. The molecule has 3 heterocycles. The van der Waals surface area contributed by atoms with Crippen LogP contribution in [0.3, 0.4) is 0 Å². The summed E-state index contributed by atoms with van der Waals surface area (Å²) in [6.45, 7) is -0.222. The highest BCUT2D eigenvalue weighted by Crippen LogP contribution is 2.37. The van der Waals surface area contributed by atoms with Gasteiger partial charge in [0.15, 0.2) is 10.8 Å². The summed E-state index contributed by atoms with van der Waals surface area (Å²) in [6, 6.07) is 4.01. The van der Waals surface area contributed by atoms with Gasteiger partial charge in [0.25, 0.3) is 11.8 Å². The quantitative estimate of drug-likeness (QED) is 0.188. The molecule has 3 N–H and O–H groups in total. The predicted molar refractivity (Wildman–Crippen MR) is 125 cm³/mol. The lowest BCUT2D eigenvalue weighted by molar-refractivity contribution is -0.167. The molecule has 1 aromatic carbocycles. The van der Waals surface area contributed by atoms with Gasteiger partial charge in [-0.2, -0.15) is 13.2 Å². The van der Waals surface area contributed by atoms with Gasteiger partial charge in [-0.3, -0.25) is 24.6 Å². The first kappa shape index (κ1) is 27.1. The van der Waals surface area contributed by atoms with Crippen LogP contribution in [0.2, 0.25) is 0 Å². The van der Waals surface area contributed by atoms with Gasteiger partial charge >= 0.3 is 18.1 Å². The Kier molecular flexibility index (Phi) is 7.68. The van der Waals surface area contributed by atoms with Crippen LogP contribution in [-0.2, 0) is 30.6 Å². The molecule has 2 atom stereocenters. The first-order valence-electron chi connectivity index (χ1n) is 10.4. The predicted octanol–water partition coefficient (Wildman–Crippen LogP) is 2.07. The highest BCUT2D eigenvalue weighted by molar-refractivity contribution is 8.00. The first-order chi connectivity index (χ1) is 18.0. The van der Waals surface area contributed by atoms with Gasteiger partial charge in [0.05, 0.1) is 0 Å². The zero-order chi connectivity index (χ0) is 27.6. The minimum atomic E-state index is -5.17. The number of nitrogens with zero attached hydrogens (tertiary/aromatic N) is 3. The number of oxime groups is 1. The minimum Gasteiger partial charge on any atom is -0.477 e. The number of amides is 3. The van der Waals surface area contributed by atoms with Crippen LogP contribution in [0, 0.1) is 5.82 Å². The molecule has 1 fully saturated rings. The van der Waals surface area contributed by atoms with E-state index < -0.39 is 57.9 Å². The third-order valence-electron chi connectivity index (χ3n) is 5.09. The molecule has 4 rings (SSSR count). The summed E-state index contributed by atoms with van der Waals surface area (Å²) in [5.74, 6) is -5.47. The number of carboxylic acid groups (broad SMARTS) is 1. The third kappa shape index (κ3) is 5.77. The second-order valence-corrected chi connectivity index (χ2v) is 9.62. The van der Waals surface area contributed by atoms with Crippen LogP contribution in [0.1, 0.15) is 11.3 Å². The Morgan fingerprint density at radius 2 is 1.95 bits per heavy atom. The molecule has 1 saturated heterocycles. The van der Waals surface area contributed by atoms with E-state index >= 15 is 0 Å². The molecule has 1 aromatic heterocycles. The van der Waals surface area contributed by atoms with E-state index in [2.05, 4.69) is 15.5 Å². The molecule has 0 spiro atoms. The molecule has 17 heteroatoms. The molecule has 3 amide bonds. The van der Waals surface area contributed by atoms with Gasteiger partial charge in [-0.15, -0.1) is 23.1 Å². The van der Waals surface area contributed by atoms with E-state index in [9.17, 15) is 41.8 Å². The molecule has 0 bridgehead atoms. The molecule has 2 aliphatic rings. The Labute approximate surface area is 218 Å². The number of anilines is 1. The van der Waals surface area contributed by atoms with Crippen LogP contribution < -0.4 is 10.6 Å². The monoisotopic (exact) mass is 573 g/mol. The summed E-state index contributed by atoms with van der Waals surface area (Å²) < 4.78 is 50.8. The van der Waals surface area contributed by atoms with Crippen molar-refractivity contribution in [2.24, 2.45) is 5.16 Å². The van der Waals surface area contributed by atoms with Crippen molar-refractivity contribution < 1.29 is 46.7 Å². The van der Waals surface area contributed by atoms with Crippen LogP contribution in [0.5, 0.6) is 0 Å². The number of aromatic nitrogens is 1. The number of carbonyl (C=O) groups is 4. The van der Waals surface area contributed by atoms with Gasteiger partial charge in [0.2, 0.25) is 0 Å². The van der Waals surface area contributed by atoms with E-state index in [1.165, 1.54) is 42.1 Å². The van der Waals surface area contributed by atoms with Crippen LogP contribution in [0.4, 0.5) is 22.7 Å². The van der Waals surface area contributed by atoms with Gasteiger partial charge in [-0.05, 0) is 23.8 Å². The summed E-state index contributed by atoms with van der Waals surface area (Å²) in [7, 11) is 0. The van der Waals surface area contributed by atoms with Crippen LogP contribution in [0.25, 0.3) is 0 Å². The third-order valence-corrected chi connectivity index (χ3v) is 7.03. The normalized spacial score (nSPS) is 19.2. The zero-order valence-corrected chi connectivity index (χ0v) is 20.3. The Bertz CT molecular complexity index is 1340. The second kappa shape index (κ2) is 10.8. The number of fused-ring (bicyclic) bond motifs is 1. The number of carbonyl (C=O) groups excluding carboxylic acids is 3. The molecule has 0 aliphatic carbocycles. The van der Waals surface area contributed by atoms with E-state index in [4.69, 9.17) is 4.84 Å². The van der Waals surface area contributed by atoms with E-state index in [0.717, 1.165) is 10.3 Å². The van der Waals surface area contributed by atoms with Gasteiger partial charge in [-0.25, -0.2) is 14.2 Å². The number of aliphatic carboxylic acids is 1. The highest BCUT2D eigenvalue weighted by atomic mass is 32.2. The Balaban J connectivity index is 1.53. The number of β-lactam (4-membered cyclic amide) rings is 1. The first-order valence-corrected chi connectivity index (χ1v) is 12.4. The topological polar surface area (TPSA) is 150 Å². The number of hydrogen-bond acceptors (Lipinski definition) is 9. The van der Waals surface area contributed by atoms with Crippen molar-refractivity contribution in [1.82, 2.24) is 15.2 Å². The highest BCUT2D eigenvalue weighted by Gasteiger charge is 2.53. The number of thioether (sulfide) groups is 1. The number of nitrogens with one attached hydrogen (secondary N) is 2. The number of benzene rings is 1. The van der Waals surface area contributed by atoms with E-state index in [-0.39, 0.29) is 23.8 Å². The standard InChI is InChI=1S/C21H15F4N5O6S2/c22-10-3-1-9(2-4-10)7-36-29-13(11-8-38-20(26-11)28-19(35)21(23,24)25)15(31)27-14-16(32)30-12(18(33)34)5-6-37-17(14)30/h1-5,8,14,17H,6-7H2,(H,27,31)(H,33,34)(H,26,28,35)/b29-13-/t14?,17-/m1/s1. The molecule has 38 heavy (non-hydrogen) atoms. The van der Waals surface area contributed by atoms with Crippen molar-refractivity contribution >= 4 is 57.6 Å². The van der Waals surface area contributed by atoms with Crippen molar-refractivity contribution in [3.8, 4) is 0 Å². The number of rotatable bonds is 8. The van der Waals surface area contributed by atoms with E-state index in [0.29, 0.717) is 16.9 Å². The van der Waals surface area contributed by atoms with Gasteiger partial charge in [-0.1, -0.05) is 17.3 Å². The lowest BCUT2D eigenvalue weighted by Crippen LogP contribution is -2.70. The molecule has 1 unspecified atom stereocenters. The number of carboxylic acids is 1. The average molecular weight is 574 g/mol. The maximum absolute atomic E-state index is 13.1. The van der Waals surface area contributed by atoms with Crippen LogP contribution in [0.15, 0.2) is 46.6 Å². The second-order valence-electron chi connectivity index (χ2n) is 7.61. The van der Waals surface area contributed by atoms with Crippen molar-refractivity contribution in [2.75, 3.05) is 11.1 Å². The molecular weight excluding hydrogens is 558 g/mol. The molecule has 0 radical (unpaired) electrons. The number of thiazole rings is 1. The van der Waals surface area contributed by atoms with E-state index in [1.54, 1.807) is 5.32 Å². The van der Waals surface area contributed by atoms with Crippen molar-refractivity contribution in [3.05, 3.63) is 58.5 Å². The zero-order valence-electron chi connectivity index (χ0n) is 18.7. The SMILES string of the molecule is O=C(O)C1=CCS[C@@H]2C(NC(=O)/C(=N\OCc3ccc(F)cc3)c3csc(NC(=O)C(F)(F)F)n3)C(=O)N12. The molecule has 2 aromatic rings. The largest absolute Gasteiger partial charge is 0.477 e. The van der Waals surface area contributed by atoms with Crippen molar-refractivity contribution in [2.45, 2.75) is 24.2 Å². The maximum Gasteiger partial charge on any atom is 0.471 e. The summed E-state index contributed by atoms with van der Waals surface area (Å²) in [4.78, 5) is 58.2. The Hall–Kier alpha value is -3.99. The minimum absolute atomic E-state index is 0.217. The van der Waals surface area contributed by atoms with Gasteiger partial charge in [0.1, 0.15) is 35.2 Å². The number of hydrogen-bond donors (Lipinski definition) is 3. The molecule has 0 saturated carbocycles. The van der Waals surface area contributed by atoms with E-state index in [1.807, 2.05) is 0 Å².